The van der Waals surface area contributed by atoms with Gasteiger partial charge in [0, 0.05) is 26.9 Å². The monoisotopic (exact) mass is 298 g/mol. The van der Waals surface area contributed by atoms with Gasteiger partial charge in [-0.1, -0.05) is 33.6 Å². The molecule has 0 unspecified atom stereocenters. The van der Waals surface area contributed by atoms with E-state index < -0.39 is 0 Å². The molecule has 0 amide bonds. The van der Waals surface area contributed by atoms with E-state index in [9.17, 15) is 0 Å². The van der Waals surface area contributed by atoms with Gasteiger partial charge in [0.15, 0.2) is 0 Å². The second-order valence-electron chi connectivity index (χ2n) is 2.48. The van der Waals surface area contributed by atoms with E-state index in [2.05, 4.69) is 15.9 Å². The molecule has 1 aromatic carbocycles. The fourth-order valence-electron chi connectivity index (χ4n) is 0.875. The second-order valence-corrected chi connectivity index (χ2v) is 5.28. The molecule has 1 rings (SSSR count). The van der Waals surface area contributed by atoms with Crippen molar-refractivity contribution in [3.8, 4) is 0 Å². The molecule has 0 aliphatic carbocycles. The predicted octanol–water partition coefficient (Wildman–Crippen LogP) is 4.57. The van der Waals surface area contributed by atoms with Crippen LogP contribution in [0.3, 0.4) is 0 Å². The first kappa shape index (κ1) is 11.7. The normalized spacial score (nSPS) is 10.4. The molecule has 0 fully saturated rings. The molecule has 0 aliphatic rings. The summed E-state index contributed by atoms with van der Waals surface area (Å²) >= 11 is 16.8. The van der Waals surface area contributed by atoms with Crippen LogP contribution in [0.1, 0.15) is 5.56 Å². The van der Waals surface area contributed by atoms with E-state index in [0.717, 1.165) is 21.0 Å². The third-order valence-electron chi connectivity index (χ3n) is 1.49. The van der Waals surface area contributed by atoms with Crippen molar-refractivity contribution in [1.29, 1.82) is 0 Å². The lowest BCUT2D eigenvalue weighted by atomic mass is 10.2. The fraction of sp³-hybridized carbons (Fsp3) is 0.333. The summed E-state index contributed by atoms with van der Waals surface area (Å²) in [5.41, 5.74) is 1.17. The fourth-order valence-corrected chi connectivity index (χ4v) is 2.75. The average molecular weight is 300 g/mol. The van der Waals surface area contributed by atoms with Gasteiger partial charge in [0.25, 0.3) is 0 Å². The molecular formula is C9H9BrCl2S. The zero-order chi connectivity index (χ0) is 9.68. The van der Waals surface area contributed by atoms with Gasteiger partial charge in [-0.15, -0.1) is 11.6 Å². The van der Waals surface area contributed by atoms with Crippen LogP contribution in [-0.2, 0) is 5.75 Å². The molecule has 4 heteroatoms. The van der Waals surface area contributed by atoms with E-state index in [0.29, 0.717) is 5.88 Å². The van der Waals surface area contributed by atoms with Crippen LogP contribution in [0.25, 0.3) is 0 Å². The zero-order valence-corrected chi connectivity index (χ0v) is 10.8. The number of halogens is 3. The largest absolute Gasteiger partial charge is 0.156 e. The molecule has 0 aliphatic heterocycles. The summed E-state index contributed by atoms with van der Waals surface area (Å²) in [5, 5.41) is 0.816. The van der Waals surface area contributed by atoms with Crippen LogP contribution in [0, 0.1) is 0 Å². The molecule has 1 aromatic rings. The average Bonchev–Trinajstić information content (AvgIpc) is 2.09. The van der Waals surface area contributed by atoms with E-state index in [-0.39, 0.29) is 0 Å². The molecule has 13 heavy (non-hydrogen) atoms. The van der Waals surface area contributed by atoms with Gasteiger partial charge < -0.3 is 0 Å². The molecule has 0 saturated heterocycles. The molecule has 0 nitrogen and oxygen atoms in total. The minimum atomic E-state index is 0.693. The molecule has 0 spiro atoms. The summed E-state index contributed by atoms with van der Waals surface area (Å²) in [4.78, 5) is 0. The Kier molecular flexibility index (Phi) is 5.56. The highest BCUT2D eigenvalue weighted by molar-refractivity contribution is 9.10. The number of thioether (sulfide) groups is 1. The Hall–Kier alpha value is 0.630. The number of hydrogen-bond acceptors (Lipinski definition) is 1. The summed E-state index contributed by atoms with van der Waals surface area (Å²) < 4.78 is 1.02. The molecule has 0 aromatic heterocycles. The Morgan fingerprint density at radius 3 is 2.77 bits per heavy atom. The van der Waals surface area contributed by atoms with E-state index in [1.165, 1.54) is 5.56 Å². The lowest BCUT2D eigenvalue weighted by molar-refractivity contribution is 1.39. The SMILES string of the molecule is ClCCSCc1ccc(Br)cc1Cl. The highest BCUT2D eigenvalue weighted by atomic mass is 79.9. The minimum Gasteiger partial charge on any atom is -0.156 e. The van der Waals surface area contributed by atoms with Crippen molar-refractivity contribution in [2.45, 2.75) is 5.75 Å². The Balaban J connectivity index is 2.56. The van der Waals surface area contributed by atoms with Crippen LogP contribution < -0.4 is 0 Å². The van der Waals surface area contributed by atoms with E-state index in [4.69, 9.17) is 23.2 Å². The quantitative estimate of drug-likeness (QED) is 0.579. The molecule has 0 N–H and O–H groups in total. The van der Waals surface area contributed by atoms with E-state index >= 15 is 0 Å². The van der Waals surface area contributed by atoms with E-state index in [1.54, 1.807) is 11.8 Å². The number of alkyl halides is 1. The summed E-state index contributed by atoms with van der Waals surface area (Å²) in [6.07, 6.45) is 0. The van der Waals surface area contributed by atoms with Crippen LogP contribution in [0.2, 0.25) is 5.02 Å². The topological polar surface area (TPSA) is 0 Å². The van der Waals surface area contributed by atoms with Crippen molar-refractivity contribution in [1.82, 2.24) is 0 Å². The lowest BCUT2D eigenvalue weighted by Gasteiger charge is -2.03. The Labute approximate surface area is 101 Å². The Morgan fingerprint density at radius 2 is 2.15 bits per heavy atom. The highest BCUT2D eigenvalue weighted by Crippen LogP contribution is 2.24. The van der Waals surface area contributed by atoms with Crippen LogP contribution in [-0.4, -0.2) is 11.6 Å². The Bertz CT molecular complexity index is 278. The first-order valence-electron chi connectivity index (χ1n) is 3.81. The number of rotatable bonds is 4. The van der Waals surface area contributed by atoms with Crippen LogP contribution in [0.4, 0.5) is 0 Å². The summed E-state index contributed by atoms with van der Waals surface area (Å²) in [6, 6.07) is 5.95. The molecule has 72 valence electrons. The standard InChI is InChI=1S/C9H9BrCl2S/c10-8-2-1-7(9(12)5-8)6-13-4-3-11/h1-2,5H,3-4,6H2. The summed E-state index contributed by atoms with van der Waals surface area (Å²) in [7, 11) is 0. The predicted molar refractivity (Wildman–Crippen MR) is 66.0 cm³/mol. The van der Waals surface area contributed by atoms with Crippen molar-refractivity contribution < 1.29 is 0 Å². The molecule has 0 radical (unpaired) electrons. The van der Waals surface area contributed by atoms with Gasteiger partial charge in [0.2, 0.25) is 0 Å². The highest BCUT2D eigenvalue weighted by Gasteiger charge is 2.00. The van der Waals surface area contributed by atoms with Gasteiger partial charge in [-0.3, -0.25) is 0 Å². The van der Waals surface area contributed by atoms with Crippen molar-refractivity contribution in [2.24, 2.45) is 0 Å². The van der Waals surface area contributed by atoms with Crippen LogP contribution in [0.5, 0.6) is 0 Å². The van der Waals surface area contributed by atoms with Crippen molar-refractivity contribution in [3.63, 3.8) is 0 Å². The minimum absolute atomic E-state index is 0.693. The van der Waals surface area contributed by atoms with Crippen molar-refractivity contribution in [3.05, 3.63) is 33.3 Å². The first-order valence-corrected chi connectivity index (χ1v) is 6.67. The van der Waals surface area contributed by atoms with Crippen molar-refractivity contribution in [2.75, 3.05) is 11.6 Å². The summed E-state index contributed by atoms with van der Waals surface area (Å²) in [6.45, 7) is 0. The van der Waals surface area contributed by atoms with Gasteiger partial charge in [-0.25, -0.2) is 0 Å². The van der Waals surface area contributed by atoms with Gasteiger partial charge >= 0.3 is 0 Å². The zero-order valence-electron chi connectivity index (χ0n) is 6.90. The van der Waals surface area contributed by atoms with Gasteiger partial charge in [-0.2, -0.15) is 11.8 Å². The lowest BCUT2D eigenvalue weighted by Crippen LogP contribution is -1.85. The number of benzene rings is 1. The van der Waals surface area contributed by atoms with Crippen LogP contribution >= 0.6 is 50.9 Å². The smallest absolute Gasteiger partial charge is 0.0457 e. The Morgan fingerprint density at radius 1 is 1.38 bits per heavy atom. The number of hydrogen-bond donors (Lipinski definition) is 0. The molecular weight excluding hydrogens is 291 g/mol. The maximum Gasteiger partial charge on any atom is 0.0457 e. The first-order chi connectivity index (χ1) is 6.24. The van der Waals surface area contributed by atoms with Crippen LogP contribution in [0.15, 0.2) is 22.7 Å². The van der Waals surface area contributed by atoms with Gasteiger partial charge in [0.1, 0.15) is 0 Å². The molecule has 0 atom stereocenters. The second kappa shape index (κ2) is 6.18. The van der Waals surface area contributed by atoms with Crippen molar-refractivity contribution >= 4 is 50.9 Å². The third-order valence-corrected chi connectivity index (χ3v) is 3.76. The maximum absolute atomic E-state index is 6.03. The van der Waals surface area contributed by atoms with Gasteiger partial charge in [-0.05, 0) is 17.7 Å². The maximum atomic E-state index is 6.03. The third kappa shape index (κ3) is 4.11. The molecule has 0 heterocycles. The van der Waals surface area contributed by atoms with Gasteiger partial charge in [0.05, 0.1) is 0 Å². The molecule has 0 bridgehead atoms. The summed E-state index contributed by atoms with van der Waals surface area (Å²) in [5.74, 6) is 2.59. The van der Waals surface area contributed by atoms with E-state index in [1.807, 2.05) is 18.2 Å². The molecule has 0 saturated carbocycles.